The fourth-order valence-corrected chi connectivity index (χ4v) is 2.06. The fourth-order valence-electron chi connectivity index (χ4n) is 2.06. The zero-order chi connectivity index (χ0) is 16.6. The van der Waals surface area contributed by atoms with Gasteiger partial charge in [-0.1, -0.05) is 0 Å². The van der Waals surface area contributed by atoms with E-state index in [4.69, 9.17) is 20.4 Å². The van der Waals surface area contributed by atoms with E-state index in [2.05, 4.69) is 0 Å². The zero-order valence-electron chi connectivity index (χ0n) is 10.7. The Morgan fingerprint density at radius 1 is 0.542 bits per heavy atom. The number of carboxylic acid groups (broad SMARTS) is 4. The molecule has 0 radical (unpaired) electrons. The van der Waals surface area contributed by atoms with Gasteiger partial charge in [-0.25, -0.2) is 19.2 Å². The van der Waals surface area contributed by atoms with Crippen LogP contribution < -0.4 is 0 Å². The summed E-state index contributed by atoms with van der Waals surface area (Å²) in [6, 6.07) is 3.70. The summed E-state index contributed by atoms with van der Waals surface area (Å²) in [6.45, 7) is 0. The summed E-state index contributed by atoms with van der Waals surface area (Å²) in [5, 5.41) is 36.0. The molecule has 0 unspecified atom stereocenters. The van der Waals surface area contributed by atoms with E-state index in [-0.39, 0.29) is 69.9 Å². The third-order valence-corrected chi connectivity index (χ3v) is 3.02. The van der Waals surface area contributed by atoms with Crippen LogP contribution in [0.2, 0.25) is 0 Å². The Bertz CT molecular complexity index is 788. The second-order valence-electron chi connectivity index (χ2n) is 4.36. The second kappa shape index (κ2) is 8.61. The molecule has 10 heteroatoms. The third kappa shape index (κ3) is 4.35. The quantitative estimate of drug-likeness (QED) is 0.575. The van der Waals surface area contributed by atoms with E-state index in [1.165, 1.54) is 0 Å². The van der Waals surface area contributed by atoms with Crippen molar-refractivity contribution < 1.29 is 39.6 Å². The zero-order valence-corrected chi connectivity index (χ0v) is 10.7. The summed E-state index contributed by atoms with van der Waals surface area (Å²) in [6.07, 6.45) is 0. The van der Waals surface area contributed by atoms with E-state index in [0.717, 1.165) is 24.3 Å². The van der Waals surface area contributed by atoms with Crippen LogP contribution in [0.5, 0.6) is 0 Å². The second-order valence-corrected chi connectivity index (χ2v) is 4.36. The van der Waals surface area contributed by atoms with Gasteiger partial charge in [0.2, 0.25) is 0 Å². The van der Waals surface area contributed by atoms with E-state index in [1.54, 1.807) is 0 Å². The van der Waals surface area contributed by atoms with Crippen LogP contribution in [0, 0.1) is 0 Å². The molecule has 24 heavy (non-hydrogen) atoms. The molecule has 0 aromatic heterocycles. The normalized spacial score (nSPS) is 9.50. The number of carbonyl (C=O) groups is 4. The number of fused-ring (bicyclic) bond motifs is 1. The molecule has 116 valence electrons. The Labute approximate surface area is 178 Å². The number of aromatic carboxylic acids is 4. The molecule has 4 N–H and O–H groups in total. The minimum atomic E-state index is -1.49. The number of hydrogen-bond donors (Lipinski definition) is 4. The Kier molecular flexibility index (Phi) is 8.10. The fraction of sp³-hybridized carbons (Fsp3) is 0. The summed E-state index contributed by atoms with van der Waals surface area (Å²) < 4.78 is 0. The molecule has 0 saturated heterocycles. The first kappa shape index (κ1) is 22.6. The molecule has 2 aromatic carbocycles. The topological polar surface area (TPSA) is 149 Å². The first-order valence-electron chi connectivity index (χ1n) is 5.77. The number of hydrogen-bond acceptors (Lipinski definition) is 4. The molecular formula is C14H10Na2O8. The first-order chi connectivity index (χ1) is 10.2. The maximum absolute atomic E-state index is 11.3. The third-order valence-electron chi connectivity index (χ3n) is 3.02. The van der Waals surface area contributed by atoms with Gasteiger partial charge in [0.15, 0.2) is 0 Å². The van der Waals surface area contributed by atoms with Gasteiger partial charge in [0.1, 0.15) is 0 Å². The van der Waals surface area contributed by atoms with Crippen molar-refractivity contribution in [2.45, 2.75) is 0 Å². The predicted octanol–water partition coefficient (Wildman–Crippen LogP) is 0.336. The molecule has 0 saturated carbocycles. The molecule has 0 aliphatic heterocycles. The van der Waals surface area contributed by atoms with Gasteiger partial charge < -0.3 is 20.4 Å². The van der Waals surface area contributed by atoms with Crippen molar-refractivity contribution in [1.29, 1.82) is 0 Å². The Hall–Kier alpha value is -1.42. The van der Waals surface area contributed by atoms with Crippen LogP contribution in [0.15, 0.2) is 24.3 Å². The van der Waals surface area contributed by atoms with Crippen LogP contribution in [0.3, 0.4) is 0 Å². The van der Waals surface area contributed by atoms with E-state index < -0.39 is 46.1 Å². The van der Waals surface area contributed by atoms with E-state index >= 15 is 0 Å². The van der Waals surface area contributed by atoms with Crippen LogP contribution in [-0.2, 0) is 0 Å². The van der Waals surface area contributed by atoms with E-state index in [9.17, 15) is 19.2 Å². The maximum atomic E-state index is 11.3. The molecule has 2 aromatic rings. The molecule has 0 atom stereocenters. The minimum absolute atomic E-state index is 0. The van der Waals surface area contributed by atoms with Crippen LogP contribution in [-0.4, -0.2) is 103 Å². The van der Waals surface area contributed by atoms with Crippen molar-refractivity contribution in [2.75, 3.05) is 0 Å². The summed E-state index contributed by atoms with van der Waals surface area (Å²) >= 11 is 0. The van der Waals surface area contributed by atoms with Gasteiger partial charge in [-0.15, -0.1) is 0 Å². The van der Waals surface area contributed by atoms with Gasteiger partial charge >= 0.3 is 83.0 Å². The summed E-state index contributed by atoms with van der Waals surface area (Å²) in [4.78, 5) is 44.6. The van der Waals surface area contributed by atoms with Gasteiger partial charge in [0, 0.05) is 0 Å². The van der Waals surface area contributed by atoms with Crippen molar-refractivity contribution in [3.05, 3.63) is 46.5 Å². The molecule has 0 bridgehead atoms. The van der Waals surface area contributed by atoms with Crippen molar-refractivity contribution in [3.63, 3.8) is 0 Å². The van der Waals surface area contributed by atoms with E-state index in [1.807, 2.05) is 0 Å². The monoisotopic (exact) mass is 352 g/mol. The molecular weight excluding hydrogens is 342 g/mol. The Morgan fingerprint density at radius 3 is 1.04 bits per heavy atom. The number of carboxylic acids is 4. The van der Waals surface area contributed by atoms with Gasteiger partial charge in [-0.2, -0.15) is 0 Å². The summed E-state index contributed by atoms with van der Waals surface area (Å²) in [5.41, 5.74) is -1.79. The van der Waals surface area contributed by atoms with Crippen molar-refractivity contribution in [2.24, 2.45) is 0 Å². The van der Waals surface area contributed by atoms with Gasteiger partial charge in [0.25, 0.3) is 0 Å². The van der Waals surface area contributed by atoms with E-state index in [0.29, 0.717) is 0 Å². The molecule has 0 fully saturated rings. The van der Waals surface area contributed by atoms with Gasteiger partial charge in [-0.05, 0) is 35.0 Å². The molecule has 8 nitrogen and oxygen atoms in total. The summed E-state index contributed by atoms with van der Waals surface area (Å²) in [5.74, 6) is -5.84. The van der Waals surface area contributed by atoms with Crippen LogP contribution >= 0.6 is 0 Å². The van der Waals surface area contributed by atoms with Crippen molar-refractivity contribution in [1.82, 2.24) is 0 Å². The average Bonchev–Trinajstić information content (AvgIpc) is 2.44. The molecule has 0 heterocycles. The molecule has 0 aliphatic carbocycles. The first-order valence-corrected chi connectivity index (χ1v) is 5.77. The van der Waals surface area contributed by atoms with Crippen LogP contribution in [0.1, 0.15) is 41.4 Å². The van der Waals surface area contributed by atoms with Gasteiger partial charge in [-0.3, -0.25) is 0 Å². The SMILES string of the molecule is O=C(O)c1cc(C(=O)O)c2cc(C(=O)O)cc(C(=O)O)c2c1.[NaH].[NaH]. The van der Waals surface area contributed by atoms with Crippen LogP contribution in [0.4, 0.5) is 0 Å². The number of rotatable bonds is 4. The summed E-state index contributed by atoms with van der Waals surface area (Å²) in [7, 11) is 0. The Morgan fingerprint density at radius 2 is 0.833 bits per heavy atom. The van der Waals surface area contributed by atoms with Crippen molar-refractivity contribution in [3.8, 4) is 0 Å². The van der Waals surface area contributed by atoms with Crippen LogP contribution in [0.25, 0.3) is 10.8 Å². The molecule has 2 rings (SSSR count). The molecule has 0 aliphatic rings. The van der Waals surface area contributed by atoms with Crippen molar-refractivity contribution >= 4 is 93.8 Å². The average molecular weight is 352 g/mol. The standard InChI is InChI=1S/C14H8O8.2Na.2H/c15-11(16)5-1-7-8(10(3-5)14(21)22)2-6(12(17)18)4-9(7)13(19)20;;;;/h1-4H,(H,15,16)(H,17,18)(H,19,20)(H,21,22);;;;. The Balaban J connectivity index is 0.00000264. The van der Waals surface area contributed by atoms with Gasteiger partial charge in [0.05, 0.1) is 22.3 Å². The molecule has 0 spiro atoms. The molecule has 0 amide bonds. The number of benzene rings is 2. The predicted molar refractivity (Wildman–Crippen MR) is 86.1 cm³/mol.